The van der Waals surface area contributed by atoms with E-state index in [0.717, 1.165) is 0 Å². The average Bonchev–Trinajstić information content (AvgIpc) is 3.10. The first-order chi connectivity index (χ1) is 18.4. The van der Waals surface area contributed by atoms with Gasteiger partial charge in [-0.3, -0.25) is 0 Å². The van der Waals surface area contributed by atoms with Crippen LogP contribution in [0.4, 0.5) is 0 Å². The van der Waals surface area contributed by atoms with Crippen molar-refractivity contribution in [2.75, 3.05) is 0 Å². The molecule has 6 aromatic carbocycles. The summed E-state index contributed by atoms with van der Waals surface area (Å²) in [4.78, 5) is 0. The third-order valence-electron chi connectivity index (χ3n) is 7.58. The van der Waals surface area contributed by atoms with E-state index < -0.39 is 0 Å². The van der Waals surface area contributed by atoms with E-state index >= 15 is 0 Å². The van der Waals surface area contributed by atoms with Gasteiger partial charge in [0.25, 0.3) is 0 Å². The summed E-state index contributed by atoms with van der Waals surface area (Å²) in [6, 6.07) is 55.3. The topological polar surface area (TPSA) is 0 Å². The molecule has 1 aliphatic rings. The second-order valence-corrected chi connectivity index (χ2v) is 9.73. The van der Waals surface area contributed by atoms with E-state index in [2.05, 4.69) is 152 Å². The Kier molecular flexibility index (Phi) is 5.33. The molecule has 172 valence electrons. The molecule has 1 heteroatoms. The van der Waals surface area contributed by atoms with E-state index in [9.17, 15) is 0 Å². The second-order valence-electron chi connectivity index (χ2n) is 9.73. The van der Waals surface area contributed by atoms with Crippen LogP contribution >= 0.6 is 0 Å². The van der Waals surface area contributed by atoms with Crippen LogP contribution < -0.4 is 16.4 Å². The lowest BCUT2D eigenvalue weighted by Crippen LogP contribution is -2.52. The van der Waals surface area contributed by atoms with Crippen molar-refractivity contribution in [1.82, 2.24) is 0 Å². The van der Waals surface area contributed by atoms with Gasteiger partial charge >= 0.3 is 0 Å². The molecule has 0 aliphatic carbocycles. The Morgan fingerprint density at radius 3 is 1.16 bits per heavy atom. The summed E-state index contributed by atoms with van der Waals surface area (Å²) in [7, 11) is 0. The minimum Gasteiger partial charge on any atom is -0.0686 e. The van der Waals surface area contributed by atoms with Gasteiger partial charge in [-0.1, -0.05) is 156 Å². The third kappa shape index (κ3) is 3.81. The predicted molar refractivity (Wildman–Crippen MR) is 159 cm³/mol. The van der Waals surface area contributed by atoms with Crippen molar-refractivity contribution in [3.05, 3.63) is 152 Å². The van der Waals surface area contributed by atoms with Crippen molar-refractivity contribution in [1.29, 1.82) is 0 Å². The summed E-state index contributed by atoms with van der Waals surface area (Å²) in [6.45, 7) is 0.147. The maximum atomic E-state index is 2.39. The van der Waals surface area contributed by atoms with Crippen molar-refractivity contribution in [2.45, 2.75) is 0 Å². The van der Waals surface area contributed by atoms with E-state index in [1.165, 1.54) is 60.9 Å². The van der Waals surface area contributed by atoms with Crippen molar-refractivity contribution < 1.29 is 0 Å². The molecule has 7 rings (SSSR count). The quantitative estimate of drug-likeness (QED) is 0.241. The summed E-state index contributed by atoms with van der Waals surface area (Å²) < 4.78 is 0. The zero-order chi connectivity index (χ0) is 24.6. The van der Waals surface area contributed by atoms with Crippen LogP contribution in [0.1, 0.15) is 0 Å². The molecule has 0 amide bonds. The molecule has 0 aromatic heterocycles. The molecule has 0 saturated heterocycles. The minimum absolute atomic E-state index is 0.147. The van der Waals surface area contributed by atoms with Crippen LogP contribution in [0.15, 0.2) is 152 Å². The Morgan fingerprint density at radius 2 is 0.703 bits per heavy atom. The van der Waals surface area contributed by atoms with Gasteiger partial charge in [0, 0.05) is 0 Å². The Labute approximate surface area is 219 Å². The number of rotatable bonds is 3. The fourth-order valence-electron chi connectivity index (χ4n) is 5.83. The number of hydrogen-bond acceptors (Lipinski definition) is 0. The zero-order valence-electron chi connectivity index (χ0n) is 20.5. The molecule has 0 atom stereocenters. The maximum Gasteiger partial charge on any atom is 0.242 e. The Bertz CT molecular complexity index is 1590. The maximum absolute atomic E-state index is 2.39. The first-order valence-electron chi connectivity index (χ1n) is 12.9. The standard InChI is InChI=1S/C36H25B/c1-4-12-26(13-5-1)28-20-22-35-33(24-28)31-18-10-11-19-32(31)34-25-29(27-14-6-2-7-15-27)21-23-36(34)37(35)30-16-8-3-9-17-30/h1-25H. The van der Waals surface area contributed by atoms with Gasteiger partial charge in [0.2, 0.25) is 6.71 Å². The van der Waals surface area contributed by atoms with Gasteiger partial charge in [0.15, 0.2) is 0 Å². The lowest BCUT2D eigenvalue weighted by molar-refractivity contribution is 1.59. The monoisotopic (exact) mass is 468 g/mol. The molecule has 0 fully saturated rings. The van der Waals surface area contributed by atoms with Crippen LogP contribution in [-0.2, 0) is 0 Å². The molecule has 1 aliphatic heterocycles. The average molecular weight is 468 g/mol. The highest BCUT2D eigenvalue weighted by Crippen LogP contribution is 2.37. The first kappa shape index (κ1) is 21.7. The highest BCUT2D eigenvalue weighted by molar-refractivity contribution is 6.97. The van der Waals surface area contributed by atoms with Crippen molar-refractivity contribution in [3.63, 3.8) is 0 Å². The van der Waals surface area contributed by atoms with Crippen LogP contribution in [0.2, 0.25) is 0 Å². The van der Waals surface area contributed by atoms with E-state index in [-0.39, 0.29) is 6.71 Å². The van der Waals surface area contributed by atoms with Gasteiger partial charge in [-0.25, -0.2) is 0 Å². The summed E-state index contributed by atoms with van der Waals surface area (Å²) in [5.41, 5.74) is 14.2. The Morgan fingerprint density at radius 1 is 0.297 bits per heavy atom. The molecule has 0 unspecified atom stereocenters. The van der Waals surface area contributed by atoms with Gasteiger partial charge < -0.3 is 0 Å². The molecule has 0 bridgehead atoms. The van der Waals surface area contributed by atoms with Crippen molar-refractivity contribution in [3.8, 4) is 44.5 Å². The molecule has 0 N–H and O–H groups in total. The van der Waals surface area contributed by atoms with Gasteiger partial charge in [0.05, 0.1) is 0 Å². The van der Waals surface area contributed by atoms with Gasteiger partial charge in [-0.15, -0.1) is 0 Å². The second kappa shape index (κ2) is 9.11. The fraction of sp³-hybridized carbons (Fsp3) is 0. The molecule has 37 heavy (non-hydrogen) atoms. The Hall–Kier alpha value is -4.62. The lowest BCUT2D eigenvalue weighted by atomic mass is 9.35. The summed E-state index contributed by atoms with van der Waals surface area (Å²) in [5, 5.41) is 0. The predicted octanol–water partition coefficient (Wildman–Crippen LogP) is 7.18. The SMILES string of the molecule is c1ccc(B2c3ccc(-c4ccccc4)cc3-c3ccccc3-c3cc(-c4ccccc4)ccc32)cc1. The number of fused-ring (bicyclic) bond motifs is 5. The molecule has 1 heterocycles. The molecule has 0 nitrogen and oxygen atoms in total. The lowest BCUT2D eigenvalue weighted by Gasteiger charge is -2.19. The third-order valence-corrected chi connectivity index (χ3v) is 7.58. The van der Waals surface area contributed by atoms with E-state index in [1.54, 1.807) is 0 Å². The molecule has 0 radical (unpaired) electrons. The molecule has 0 spiro atoms. The number of hydrogen-bond donors (Lipinski definition) is 0. The van der Waals surface area contributed by atoms with E-state index in [0.29, 0.717) is 0 Å². The zero-order valence-corrected chi connectivity index (χ0v) is 20.5. The fourth-order valence-corrected chi connectivity index (χ4v) is 5.83. The summed E-state index contributed by atoms with van der Waals surface area (Å²) >= 11 is 0. The van der Waals surface area contributed by atoms with E-state index in [4.69, 9.17) is 0 Å². The molecule has 0 saturated carbocycles. The van der Waals surface area contributed by atoms with Crippen LogP contribution in [0, 0.1) is 0 Å². The van der Waals surface area contributed by atoms with Crippen molar-refractivity contribution in [2.24, 2.45) is 0 Å². The summed E-state index contributed by atoms with van der Waals surface area (Å²) in [5.74, 6) is 0. The highest BCUT2D eigenvalue weighted by Gasteiger charge is 2.31. The highest BCUT2D eigenvalue weighted by atomic mass is 14.2. The molecular weight excluding hydrogens is 443 g/mol. The largest absolute Gasteiger partial charge is 0.242 e. The van der Waals surface area contributed by atoms with Gasteiger partial charge in [-0.2, -0.15) is 0 Å². The van der Waals surface area contributed by atoms with Crippen molar-refractivity contribution >= 4 is 23.1 Å². The minimum atomic E-state index is 0.147. The number of benzene rings is 6. The van der Waals surface area contributed by atoms with Crippen LogP contribution in [-0.4, -0.2) is 6.71 Å². The normalized spacial score (nSPS) is 11.7. The first-order valence-corrected chi connectivity index (χ1v) is 12.9. The summed E-state index contributed by atoms with van der Waals surface area (Å²) in [6.07, 6.45) is 0. The van der Waals surface area contributed by atoms with E-state index in [1.807, 2.05) is 0 Å². The van der Waals surface area contributed by atoms with Crippen LogP contribution in [0.3, 0.4) is 0 Å². The van der Waals surface area contributed by atoms with Crippen LogP contribution in [0.25, 0.3) is 44.5 Å². The Balaban J connectivity index is 1.54. The smallest absolute Gasteiger partial charge is 0.0686 e. The van der Waals surface area contributed by atoms with Gasteiger partial charge in [-0.05, 0) is 56.6 Å². The van der Waals surface area contributed by atoms with Gasteiger partial charge in [0.1, 0.15) is 0 Å². The molecule has 6 aromatic rings. The van der Waals surface area contributed by atoms with Crippen LogP contribution in [0.5, 0.6) is 0 Å². The molecular formula is C36H25B.